The average Bonchev–Trinajstić information content (AvgIpc) is 2.42. The zero-order valence-electron chi connectivity index (χ0n) is 14.6. The maximum atomic E-state index is 11.5. The molecule has 130 valence electrons. The van der Waals surface area contributed by atoms with Crippen molar-refractivity contribution in [2.75, 3.05) is 30.7 Å². The molecule has 0 saturated heterocycles. The molecule has 0 atom stereocenters. The van der Waals surface area contributed by atoms with Crippen LogP contribution in [0.25, 0.3) is 0 Å². The molecule has 0 aliphatic heterocycles. The number of amides is 1. The van der Waals surface area contributed by atoms with Crippen molar-refractivity contribution in [2.45, 2.75) is 46.1 Å². The number of carbonyl (C=O) groups is 1. The lowest BCUT2D eigenvalue weighted by Gasteiger charge is -2.19. The van der Waals surface area contributed by atoms with E-state index in [2.05, 4.69) is 17.6 Å². The second-order valence-electron chi connectivity index (χ2n) is 6.35. The molecule has 0 saturated carbocycles. The summed E-state index contributed by atoms with van der Waals surface area (Å²) in [7, 11) is 0. The van der Waals surface area contributed by atoms with Crippen LogP contribution in [0.3, 0.4) is 0 Å². The first kappa shape index (κ1) is 18.9. The third kappa shape index (κ3) is 8.80. The van der Waals surface area contributed by atoms with Gasteiger partial charge in [-0.2, -0.15) is 0 Å². The van der Waals surface area contributed by atoms with Crippen LogP contribution in [0.1, 0.15) is 40.5 Å². The minimum atomic E-state index is -0.473. The van der Waals surface area contributed by atoms with Crippen molar-refractivity contribution >= 4 is 17.5 Å². The summed E-state index contributed by atoms with van der Waals surface area (Å²) in [5.74, 6) is 0.765. The smallest absolute Gasteiger partial charge is 0.407 e. The molecule has 0 unspecified atom stereocenters. The van der Waals surface area contributed by atoms with E-state index in [0.717, 1.165) is 24.3 Å². The molecular weight excluding hydrogens is 294 g/mol. The fraction of sp³-hybridized carbons (Fsp3) is 0.588. The fourth-order valence-electron chi connectivity index (χ4n) is 1.85. The number of benzene rings is 1. The Balaban J connectivity index is 2.30. The Kier molecular flexibility index (Phi) is 7.51. The number of nitrogens with two attached hydrogens (primary N) is 1. The highest BCUT2D eigenvalue weighted by Gasteiger charge is 2.15. The summed E-state index contributed by atoms with van der Waals surface area (Å²) >= 11 is 0. The molecule has 0 bridgehead atoms. The van der Waals surface area contributed by atoms with Gasteiger partial charge in [0.05, 0.1) is 6.61 Å². The fourth-order valence-corrected chi connectivity index (χ4v) is 1.85. The van der Waals surface area contributed by atoms with Gasteiger partial charge in [0.1, 0.15) is 11.4 Å². The lowest BCUT2D eigenvalue weighted by atomic mass is 10.2. The van der Waals surface area contributed by atoms with Crippen molar-refractivity contribution in [3.8, 4) is 5.75 Å². The number of carbonyl (C=O) groups excluding carboxylic acids is 1. The number of ether oxygens (including phenoxy) is 2. The van der Waals surface area contributed by atoms with Crippen LogP contribution in [0, 0.1) is 0 Å². The zero-order valence-corrected chi connectivity index (χ0v) is 14.6. The molecule has 4 N–H and O–H groups in total. The van der Waals surface area contributed by atoms with Crippen LogP contribution in [0.2, 0.25) is 0 Å². The van der Waals surface area contributed by atoms with Crippen molar-refractivity contribution < 1.29 is 14.3 Å². The van der Waals surface area contributed by atoms with Gasteiger partial charge in [0.15, 0.2) is 0 Å². The molecule has 1 aromatic rings. The highest BCUT2D eigenvalue weighted by molar-refractivity contribution is 5.67. The monoisotopic (exact) mass is 323 g/mol. The highest BCUT2D eigenvalue weighted by Crippen LogP contribution is 2.22. The van der Waals surface area contributed by atoms with Crippen molar-refractivity contribution in [1.29, 1.82) is 0 Å². The molecular formula is C17H29N3O3. The number of rotatable bonds is 8. The molecule has 0 aromatic heterocycles. The Morgan fingerprint density at radius 2 is 1.96 bits per heavy atom. The molecule has 0 heterocycles. The summed E-state index contributed by atoms with van der Waals surface area (Å²) in [6, 6.07) is 5.60. The van der Waals surface area contributed by atoms with Crippen molar-refractivity contribution in [3.63, 3.8) is 0 Å². The largest absolute Gasteiger partial charge is 0.493 e. The van der Waals surface area contributed by atoms with Crippen LogP contribution in [0.15, 0.2) is 18.2 Å². The summed E-state index contributed by atoms with van der Waals surface area (Å²) in [6.07, 6.45) is 1.34. The summed E-state index contributed by atoms with van der Waals surface area (Å²) in [5, 5.41) is 6.00. The maximum Gasteiger partial charge on any atom is 0.407 e. The van der Waals surface area contributed by atoms with E-state index in [1.807, 2.05) is 39.0 Å². The molecule has 0 fully saturated rings. The van der Waals surface area contributed by atoms with E-state index in [-0.39, 0.29) is 0 Å². The van der Waals surface area contributed by atoms with E-state index in [1.165, 1.54) is 0 Å². The lowest BCUT2D eigenvalue weighted by molar-refractivity contribution is 0.0528. The van der Waals surface area contributed by atoms with Gasteiger partial charge in [0, 0.05) is 36.6 Å². The summed E-state index contributed by atoms with van der Waals surface area (Å²) < 4.78 is 10.8. The molecule has 6 nitrogen and oxygen atoms in total. The van der Waals surface area contributed by atoms with Gasteiger partial charge in [-0.1, -0.05) is 6.92 Å². The Bertz CT molecular complexity index is 498. The van der Waals surface area contributed by atoms with Gasteiger partial charge < -0.3 is 25.8 Å². The maximum absolute atomic E-state index is 11.5. The van der Waals surface area contributed by atoms with E-state index in [9.17, 15) is 4.79 Å². The number of anilines is 2. The number of alkyl carbamates (subject to hydrolysis) is 1. The second-order valence-corrected chi connectivity index (χ2v) is 6.35. The summed E-state index contributed by atoms with van der Waals surface area (Å²) in [6.45, 7) is 9.51. The number of nitrogen functional groups attached to an aromatic ring is 1. The topological polar surface area (TPSA) is 85.6 Å². The summed E-state index contributed by atoms with van der Waals surface area (Å²) in [4.78, 5) is 11.5. The molecule has 1 aromatic carbocycles. The average molecular weight is 323 g/mol. The Morgan fingerprint density at radius 1 is 1.22 bits per heavy atom. The van der Waals surface area contributed by atoms with Crippen LogP contribution in [0.4, 0.5) is 16.2 Å². The molecule has 23 heavy (non-hydrogen) atoms. The third-order valence-corrected chi connectivity index (χ3v) is 2.75. The first-order valence-electron chi connectivity index (χ1n) is 8.04. The van der Waals surface area contributed by atoms with Gasteiger partial charge in [0.2, 0.25) is 0 Å². The summed E-state index contributed by atoms with van der Waals surface area (Å²) in [5.41, 5.74) is 6.96. The van der Waals surface area contributed by atoms with Gasteiger partial charge in [-0.05, 0) is 39.7 Å². The molecule has 1 rings (SSSR count). The standard InChI is InChI=1S/C17H29N3O3/c1-5-9-22-15-11-13(18)10-14(12-15)19-7-6-8-20-16(21)23-17(2,3)4/h10-12,19H,5-9,18H2,1-4H3,(H,20,21). The van der Waals surface area contributed by atoms with Gasteiger partial charge in [-0.15, -0.1) is 0 Å². The van der Waals surface area contributed by atoms with E-state index in [1.54, 1.807) is 0 Å². The second kappa shape index (κ2) is 9.12. The predicted octanol–water partition coefficient (Wildman–Crippen LogP) is 3.38. The van der Waals surface area contributed by atoms with Crippen molar-refractivity contribution in [3.05, 3.63) is 18.2 Å². The van der Waals surface area contributed by atoms with Crippen LogP contribution in [-0.2, 0) is 4.74 Å². The Morgan fingerprint density at radius 3 is 2.61 bits per heavy atom. The molecule has 0 spiro atoms. The van der Waals surface area contributed by atoms with Crippen LogP contribution in [-0.4, -0.2) is 31.4 Å². The van der Waals surface area contributed by atoms with Gasteiger partial charge in [-0.25, -0.2) is 4.79 Å². The Hall–Kier alpha value is -2.11. The first-order chi connectivity index (χ1) is 10.8. The molecule has 0 aliphatic rings. The Labute approximate surface area is 138 Å². The van der Waals surface area contributed by atoms with Gasteiger partial charge in [0.25, 0.3) is 0 Å². The zero-order chi connectivity index (χ0) is 17.3. The normalized spacial score (nSPS) is 11.0. The highest BCUT2D eigenvalue weighted by atomic mass is 16.6. The number of hydrogen-bond acceptors (Lipinski definition) is 5. The van der Waals surface area contributed by atoms with E-state index < -0.39 is 11.7 Å². The van der Waals surface area contributed by atoms with Crippen molar-refractivity contribution in [1.82, 2.24) is 5.32 Å². The molecule has 0 aliphatic carbocycles. The predicted molar refractivity (Wildman–Crippen MR) is 94.0 cm³/mol. The van der Waals surface area contributed by atoms with E-state index in [0.29, 0.717) is 25.4 Å². The minimum Gasteiger partial charge on any atom is -0.493 e. The van der Waals surface area contributed by atoms with E-state index in [4.69, 9.17) is 15.2 Å². The van der Waals surface area contributed by atoms with Crippen LogP contribution in [0.5, 0.6) is 5.75 Å². The van der Waals surface area contributed by atoms with Gasteiger partial charge >= 0.3 is 6.09 Å². The molecule has 1 amide bonds. The number of hydrogen-bond donors (Lipinski definition) is 3. The third-order valence-electron chi connectivity index (χ3n) is 2.75. The van der Waals surface area contributed by atoms with Crippen LogP contribution >= 0.6 is 0 Å². The number of nitrogens with one attached hydrogen (secondary N) is 2. The molecule has 0 radical (unpaired) electrons. The molecule has 6 heteroatoms. The van der Waals surface area contributed by atoms with Gasteiger partial charge in [-0.3, -0.25) is 0 Å². The lowest BCUT2D eigenvalue weighted by Crippen LogP contribution is -2.33. The SMILES string of the molecule is CCCOc1cc(N)cc(NCCCNC(=O)OC(C)(C)C)c1. The van der Waals surface area contributed by atoms with Crippen molar-refractivity contribution in [2.24, 2.45) is 0 Å². The quantitative estimate of drug-likeness (QED) is 0.504. The van der Waals surface area contributed by atoms with Crippen LogP contribution < -0.4 is 21.1 Å². The first-order valence-corrected chi connectivity index (χ1v) is 8.04. The van der Waals surface area contributed by atoms with E-state index >= 15 is 0 Å². The minimum absolute atomic E-state index is 0.392.